The molecule has 5 N–H and O–H groups in total. The molecule has 0 radical (unpaired) electrons. The number of aromatic nitrogens is 4. The van der Waals surface area contributed by atoms with E-state index in [-0.39, 0.29) is 7.43 Å². The smallest absolute Gasteiger partial charge is 0.219 e. The third-order valence-corrected chi connectivity index (χ3v) is 7.18. The Kier molecular flexibility index (Phi) is 12.8. The minimum absolute atomic E-state index is 0. The molecule has 0 aliphatic carbocycles. The van der Waals surface area contributed by atoms with Crippen LogP contribution in [0.5, 0.6) is 0 Å². The number of halogens is 1. The van der Waals surface area contributed by atoms with Gasteiger partial charge in [0.05, 0.1) is 0 Å². The van der Waals surface area contributed by atoms with Crippen molar-refractivity contribution in [3.8, 4) is 22.3 Å². The van der Waals surface area contributed by atoms with Crippen molar-refractivity contribution in [3.05, 3.63) is 77.8 Å². The average molecular weight is 606 g/mol. The van der Waals surface area contributed by atoms with E-state index in [1.54, 1.807) is 24.8 Å². The van der Waals surface area contributed by atoms with Gasteiger partial charge in [0.2, 0.25) is 11.9 Å². The highest BCUT2D eigenvalue weighted by atomic mass is 79.9. The first-order valence-corrected chi connectivity index (χ1v) is 14.3. The van der Waals surface area contributed by atoms with E-state index >= 15 is 0 Å². The average Bonchev–Trinajstić information content (AvgIpc) is 3.01. The number of nitrogens with one attached hydrogen (secondary N) is 1. The van der Waals surface area contributed by atoms with Gasteiger partial charge in [0.15, 0.2) is 0 Å². The summed E-state index contributed by atoms with van der Waals surface area (Å²) in [6.45, 7) is 4.84. The number of benzene rings is 2. The second-order valence-corrected chi connectivity index (χ2v) is 10.5. The molecule has 2 aromatic carbocycles. The second kappa shape index (κ2) is 16.5. The Morgan fingerprint density at radius 1 is 0.575 bits per heavy atom. The van der Waals surface area contributed by atoms with Crippen LogP contribution in [0.25, 0.3) is 22.3 Å². The number of nitrogen functional groups attached to an aromatic ring is 2. The number of anilines is 3. The topological polar surface area (TPSA) is 119 Å². The van der Waals surface area contributed by atoms with E-state index in [4.69, 9.17) is 11.5 Å². The fourth-order valence-corrected chi connectivity index (χ4v) is 4.70. The van der Waals surface area contributed by atoms with Crippen LogP contribution >= 0.6 is 15.9 Å². The Hall–Kier alpha value is -3.56. The molecule has 0 amide bonds. The maximum Gasteiger partial charge on any atom is 0.219 e. The van der Waals surface area contributed by atoms with Crippen LogP contribution in [0.4, 0.5) is 17.6 Å². The van der Waals surface area contributed by atoms with E-state index in [1.807, 2.05) is 24.3 Å². The van der Waals surface area contributed by atoms with Crippen LogP contribution in [0.2, 0.25) is 0 Å². The highest BCUT2D eigenvalue weighted by Gasteiger charge is 2.10. The van der Waals surface area contributed by atoms with Gasteiger partial charge in [-0.1, -0.05) is 54.0 Å². The van der Waals surface area contributed by atoms with Crippen LogP contribution in [-0.2, 0) is 0 Å². The Labute approximate surface area is 246 Å². The van der Waals surface area contributed by atoms with Crippen molar-refractivity contribution in [1.82, 2.24) is 25.3 Å². The van der Waals surface area contributed by atoms with Crippen molar-refractivity contribution >= 4 is 33.5 Å². The fourth-order valence-electron chi connectivity index (χ4n) is 4.44. The summed E-state index contributed by atoms with van der Waals surface area (Å²) in [6.07, 6.45) is 15.1. The normalized spacial score (nSPS) is 14.5. The first kappa shape index (κ1) is 31.0. The molecule has 4 aromatic rings. The minimum Gasteiger partial charge on any atom is -0.372 e. The van der Waals surface area contributed by atoms with Crippen molar-refractivity contribution in [2.45, 2.75) is 46.0 Å². The maximum absolute atomic E-state index is 5.50. The lowest BCUT2D eigenvalue weighted by Gasteiger charge is -2.28. The second-order valence-electron chi connectivity index (χ2n) is 9.57. The van der Waals surface area contributed by atoms with E-state index < -0.39 is 0 Å². The van der Waals surface area contributed by atoms with Crippen LogP contribution in [0.3, 0.4) is 0 Å². The summed E-state index contributed by atoms with van der Waals surface area (Å²) < 4.78 is 1.05. The van der Waals surface area contributed by atoms with E-state index in [0.29, 0.717) is 11.9 Å². The zero-order valence-corrected chi connectivity index (χ0v) is 23.9. The van der Waals surface area contributed by atoms with Gasteiger partial charge in [-0.25, -0.2) is 19.9 Å². The Balaban J connectivity index is 0.000000184. The van der Waals surface area contributed by atoms with Crippen LogP contribution in [-0.4, -0.2) is 46.1 Å². The molecule has 8 nitrogen and oxygen atoms in total. The van der Waals surface area contributed by atoms with Crippen molar-refractivity contribution in [3.63, 3.8) is 0 Å². The lowest BCUT2D eigenvalue weighted by Crippen LogP contribution is -2.29. The van der Waals surface area contributed by atoms with Crippen molar-refractivity contribution < 1.29 is 0 Å². The lowest BCUT2D eigenvalue weighted by molar-refractivity contribution is 0.520. The molecule has 212 valence electrons. The van der Waals surface area contributed by atoms with Crippen molar-refractivity contribution in [2.75, 3.05) is 42.5 Å². The largest absolute Gasteiger partial charge is 0.372 e. The molecule has 2 aliphatic rings. The molecule has 0 bridgehead atoms. The first-order valence-electron chi connectivity index (χ1n) is 13.6. The van der Waals surface area contributed by atoms with Crippen LogP contribution in [0, 0.1) is 0 Å². The fraction of sp³-hybridized carbons (Fsp3) is 0.355. The van der Waals surface area contributed by atoms with Gasteiger partial charge in [0.25, 0.3) is 0 Å². The summed E-state index contributed by atoms with van der Waals surface area (Å²) >= 11 is 3.38. The summed E-state index contributed by atoms with van der Waals surface area (Å²) in [5.41, 5.74) is 16.4. The standard InChI is InChI=1S/C15H18N4.C10H8BrN3.C5H11N.CH4/c16-15-17-10-13(11-18-15)12-4-6-14(7-5-12)19-8-2-1-3-9-19;11-9-3-1-7(2-4-9)8-5-13-10(12)14-6-8;1-2-4-6-5-3-1;/h4-7,10-11H,1-3,8-9H2,(H2,16,17,18);1-6H,(H2,12,13,14);6H,1-5H2;1H4. The Morgan fingerprint density at radius 2 is 1.00 bits per heavy atom. The van der Waals surface area contributed by atoms with Gasteiger partial charge in [-0.15, -0.1) is 0 Å². The van der Waals surface area contributed by atoms with E-state index in [2.05, 4.69) is 70.3 Å². The number of rotatable bonds is 3. The minimum atomic E-state index is 0. The third kappa shape index (κ3) is 9.88. The van der Waals surface area contributed by atoms with Crippen LogP contribution in [0.1, 0.15) is 46.0 Å². The maximum atomic E-state index is 5.50. The van der Waals surface area contributed by atoms with Gasteiger partial charge < -0.3 is 21.7 Å². The summed E-state index contributed by atoms with van der Waals surface area (Å²) in [5.74, 6) is 0.611. The first-order chi connectivity index (χ1) is 19.1. The van der Waals surface area contributed by atoms with Gasteiger partial charge in [-0.2, -0.15) is 0 Å². The molecule has 2 aromatic heterocycles. The molecule has 0 saturated carbocycles. The molecule has 0 spiro atoms. The Bertz CT molecular complexity index is 1180. The van der Waals surface area contributed by atoms with Gasteiger partial charge >= 0.3 is 0 Å². The SMILES string of the molecule is C.C1CCNCC1.Nc1ncc(-c2ccc(Br)cc2)cn1.Nc1ncc(-c2ccc(N3CCCCC3)cc2)cn1. The van der Waals surface area contributed by atoms with E-state index in [9.17, 15) is 0 Å². The molecule has 2 aliphatic heterocycles. The summed E-state index contributed by atoms with van der Waals surface area (Å²) in [7, 11) is 0. The predicted octanol–water partition coefficient (Wildman–Crippen LogP) is 6.60. The molecule has 0 atom stereocenters. The molecule has 40 heavy (non-hydrogen) atoms. The van der Waals surface area contributed by atoms with Gasteiger partial charge in [0.1, 0.15) is 0 Å². The zero-order valence-electron chi connectivity index (χ0n) is 22.3. The Morgan fingerprint density at radius 3 is 1.40 bits per heavy atom. The number of hydrogen-bond acceptors (Lipinski definition) is 8. The van der Waals surface area contributed by atoms with E-state index in [1.165, 1.54) is 70.4 Å². The molecular weight excluding hydrogens is 564 g/mol. The predicted molar refractivity (Wildman–Crippen MR) is 171 cm³/mol. The van der Waals surface area contributed by atoms with Crippen LogP contribution < -0.4 is 21.7 Å². The van der Waals surface area contributed by atoms with Gasteiger partial charge in [-0.05, 0) is 80.6 Å². The van der Waals surface area contributed by atoms with Gasteiger partial charge in [0, 0.05) is 59.2 Å². The highest BCUT2D eigenvalue weighted by molar-refractivity contribution is 9.10. The summed E-state index contributed by atoms with van der Waals surface area (Å²) in [4.78, 5) is 18.4. The van der Waals surface area contributed by atoms with Crippen LogP contribution in [0.15, 0.2) is 77.8 Å². The number of nitrogens with zero attached hydrogens (tertiary/aromatic N) is 5. The van der Waals surface area contributed by atoms with Gasteiger partial charge in [-0.3, -0.25) is 0 Å². The molecule has 4 heterocycles. The summed E-state index contributed by atoms with van der Waals surface area (Å²) in [6, 6.07) is 16.6. The molecule has 0 unspecified atom stereocenters. The number of hydrogen-bond donors (Lipinski definition) is 3. The molecule has 2 saturated heterocycles. The quantitative estimate of drug-likeness (QED) is 0.239. The highest BCUT2D eigenvalue weighted by Crippen LogP contribution is 2.24. The molecule has 2 fully saturated rings. The lowest BCUT2D eigenvalue weighted by atomic mass is 10.1. The van der Waals surface area contributed by atoms with Crippen molar-refractivity contribution in [1.29, 1.82) is 0 Å². The molecular formula is C31H41BrN8. The summed E-state index contributed by atoms with van der Waals surface area (Å²) in [5, 5.41) is 3.28. The van der Waals surface area contributed by atoms with Crippen molar-refractivity contribution in [2.24, 2.45) is 0 Å². The zero-order chi connectivity index (χ0) is 27.3. The van der Waals surface area contributed by atoms with E-state index in [0.717, 1.165) is 26.7 Å². The number of nitrogens with two attached hydrogens (primary N) is 2. The number of piperidine rings is 2. The third-order valence-electron chi connectivity index (χ3n) is 6.65. The molecule has 6 rings (SSSR count). The monoisotopic (exact) mass is 604 g/mol. The molecule has 9 heteroatoms.